The lowest BCUT2D eigenvalue weighted by molar-refractivity contribution is -0.148. The molecular formula is C47H90O15P2. The lowest BCUT2D eigenvalue weighted by Gasteiger charge is -2.19. The zero-order chi connectivity index (χ0) is 47.4. The summed E-state index contributed by atoms with van der Waals surface area (Å²) in [5.41, 5.74) is 0. The van der Waals surface area contributed by atoms with Gasteiger partial charge < -0.3 is 34.6 Å². The molecule has 0 aromatic rings. The second-order valence-corrected chi connectivity index (χ2v) is 19.7. The van der Waals surface area contributed by atoms with Crippen LogP contribution in [0.4, 0.5) is 0 Å². The topological polar surface area (TPSA) is 225 Å². The lowest BCUT2D eigenvalue weighted by atomic mass is 10.1. The summed E-state index contributed by atoms with van der Waals surface area (Å²) in [4.78, 5) is 43.7. The van der Waals surface area contributed by atoms with E-state index in [0.29, 0.717) is 12.8 Å². The van der Waals surface area contributed by atoms with Crippen LogP contribution in [-0.4, -0.2) is 95.0 Å². The Morgan fingerprint density at radius 2 is 0.625 bits per heavy atom. The molecule has 0 radical (unpaired) electrons. The number of hydrogen-bond donors (Lipinski definition) is 5. The van der Waals surface area contributed by atoms with Gasteiger partial charge in [-0.05, 0) is 64.2 Å². The molecule has 0 saturated carbocycles. The Hall–Kier alpha value is -1.48. The highest BCUT2D eigenvalue weighted by molar-refractivity contribution is 7.47. The van der Waals surface area contributed by atoms with Crippen molar-refractivity contribution in [1.29, 1.82) is 0 Å². The van der Waals surface area contributed by atoms with Crippen LogP contribution in [0.1, 0.15) is 206 Å². The monoisotopic (exact) mass is 957 g/mol. The van der Waals surface area contributed by atoms with Crippen LogP contribution >= 0.6 is 15.6 Å². The van der Waals surface area contributed by atoms with E-state index in [4.69, 9.17) is 9.47 Å². The summed E-state index contributed by atoms with van der Waals surface area (Å²) in [7, 11) is -9.57. The number of phosphoric acid groups is 2. The van der Waals surface area contributed by atoms with E-state index >= 15 is 0 Å². The fourth-order valence-corrected chi connectivity index (χ4v) is 8.09. The van der Waals surface area contributed by atoms with Gasteiger partial charge in [0, 0.05) is 12.8 Å². The number of esters is 2. The maximum Gasteiger partial charge on any atom is 0.472 e. The Labute approximate surface area is 386 Å². The molecule has 0 spiro atoms. The normalized spacial score (nSPS) is 15.3. The van der Waals surface area contributed by atoms with Crippen molar-refractivity contribution >= 4 is 27.6 Å². The van der Waals surface area contributed by atoms with Gasteiger partial charge in [-0.1, -0.05) is 154 Å². The summed E-state index contributed by atoms with van der Waals surface area (Å²) in [6.45, 7) is 0.408. The van der Waals surface area contributed by atoms with E-state index in [-0.39, 0.29) is 12.8 Å². The van der Waals surface area contributed by atoms with Gasteiger partial charge in [0.2, 0.25) is 0 Å². The molecule has 0 aliphatic heterocycles. The minimum atomic E-state index is -4.78. The number of phosphoric ester groups is 2. The molecule has 0 aromatic carbocycles. The molecule has 0 rings (SSSR count). The van der Waals surface area contributed by atoms with Gasteiger partial charge >= 0.3 is 27.6 Å². The van der Waals surface area contributed by atoms with E-state index < -0.39 is 85.5 Å². The van der Waals surface area contributed by atoms with Crippen molar-refractivity contribution in [2.45, 2.75) is 225 Å². The first-order chi connectivity index (χ1) is 30.8. The van der Waals surface area contributed by atoms with Gasteiger partial charge in [-0.15, -0.1) is 0 Å². The molecule has 0 aliphatic rings. The standard InChI is InChI=1S/C47H90O15P2/c1-3-5-7-9-11-13-15-17-18-19-20-21-22-24-26-28-30-32-34-36-47(52)58-38-44(49)40-60-64(55,56)62-42-45(50)41-61-63(53,54)59-39-43(48)37-57-46(51)35-33-31-29-27-25-23-16-14-12-10-8-6-4-2/h17-18,23,25,43-45,48-50H,3-16,19-22,24,26-42H2,1-2H3,(H,53,54)(H,55,56)/b18-17+,25-23-. The SMILES string of the molecule is CCCCCCCC/C=C\CCCCCC(=O)OCC(O)COP(=O)(O)OCC(O)COP(=O)(O)OCC(O)COC(=O)CCCCCCCCCCC/C=C/CCCCCCCC. The minimum absolute atomic E-state index is 0.178. The van der Waals surface area contributed by atoms with Gasteiger partial charge in [-0.2, -0.15) is 0 Å². The van der Waals surface area contributed by atoms with E-state index in [1.54, 1.807) is 0 Å². The molecule has 0 fully saturated rings. The first-order valence-corrected chi connectivity index (χ1v) is 27.7. The van der Waals surface area contributed by atoms with Gasteiger partial charge in [0.15, 0.2) is 0 Å². The van der Waals surface area contributed by atoms with Crippen molar-refractivity contribution in [2.24, 2.45) is 0 Å². The molecule has 378 valence electrons. The lowest BCUT2D eigenvalue weighted by Crippen LogP contribution is -2.25. The number of aliphatic hydroxyl groups is 3. The molecular weight excluding hydrogens is 866 g/mol. The molecule has 0 bridgehead atoms. The molecule has 5 N–H and O–H groups in total. The fraction of sp³-hybridized carbons (Fsp3) is 0.872. The van der Waals surface area contributed by atoms with Crippen LogP contribution in [-0.2, 0) is 46.3 Å². The maximum atomic E-state index is 12.2. The molecule has 0 aliphatic carbocycles. The van der Waals surface area contributed by atoms with E-state index in [0.717, 1.165) is 44.9 Å². The third-order valence-electron chi connectivity index (χ3n) is 10.4. The number of rotatable bonds is 48. The Morgan fingerprint density at radius 1 is 0.391 bits per heavy atom. The van der Waals surface area contributed by atoms with E-state index in [1.165, 1.54) is 122 Å². The third kappa shape index (κ3) is 45.7. The van der Waals surface area contributed by atoms with Gasteiger partial charge in [0.1, 0.15) is 31.5 Å². The highest BCUT2D eigenvalue weighted by Gasteiger charge is 2.28. The number of carbonyl (C=O) groups excluding carboxylic acids is 2. The summed E-state index contributed by atoms with van der Waals surface area (Å²) in [6, 6.07) is 0. The van der Waals surface area contributed by atoms with Crippen molar-refractivity contribution in [3.63, 3.8) is 0 Å². The van der Waals surface area contributed by atoms with Gasteiger partial charge in [0.05, 0.1) is 26.4 Å². The number of hydrogen-bond acceptors (Lipinski definition) is 13. The van der Waals surface area contributed by atoms with E-state index in [2.05, 4.69) is 56.2 Å². The van der Waals surface area contributed by atoms with Crippen LogP contribution in [0.15, 0.2) is 24.3 Å². The molecule has 0 saturated heterocycles. The summed E-state index contributed by atoms with van der Waals surface area (Å²) >= 11 is 0. The van der Waals surface area contributed by atoms with Crippen molar-refractivity contribution in [2.75, 3.05) is 39.6 Å². The summed E-state index contributed by atoms with van der Waals surface area (Å²) in [5.74, 6) is -1.01. The van der Waals surface area contributed by atoms with Crippen molar-refractivity contribution < 1.29 is 71.4 Å². The Balaban J connectivity index is 3.87. The predicted octanol–water partition coefficient (Wildman–Crippen LogP) is 11.3. The molecule has 5 atom stereocenters. The number of allylic oxidation sites excluding steroid dienone is 4. The first-order valence-electron chi connectivity index (χ1n) is 24.7. The number of carbonyl (C=O) groups is 2. The number of unbranched alkanes of at least 4 members (excludes halogenated alkanes) is 24. The molecule has 0 amide bonds. The average Bonchev–Trinajstić information content (AvgIpc) is 3.27. The van der Waals surface area contributed by atoms with Crippen LogP contribution in [0.3, 0.4) is 0 Å². The second kappa shape index (κ2) is 44.1. The Bertz CT molecular complexity index is 1250. The van der Waals surface area contributed by atoms with Gasteiger partial charge in [-0.25, -0.2) is 9.13 Å². The first kappa shape index (κ1) is 62.5. The van der Waals surface area contributed by atoms with E-state index in [1.807, 2.05) is 0 Å². The summed E-state index contributed by atoms with van der Waals surface area (Å²) in [5, 5.41) is 30.0. The molecule has 64 heavy (non-hydrogen) atoms. The zero-order valence-electron chi connectivity index (χ0n) is 39.7. The Kier molecular flexibility index (Phi) is 43.0. The quantitative estimate of drug-likeness (QED) is 0.0165. The number of aliphatic hydroxyl groups excluding tert-OH is 3. The van der Waals surface area contributed by atoms with Crippen molar-refractivity contribution in [3.8, 4) is 0 Å². The smallest absolute Gasteiger partial charge is 0.463 e. The molecule has 0 heterocycles. The second-order valence-electron chi connectivity index (χ2n) is 16.8. The minimum Gasteiger partial charge on any atom is -0.463 e. The molecule has 15 nitrogen and oxygen atoms in total. The van der Waals surface area contributed by atoms with Gasteiger partial charge in [0.25, 0.3) is 0 Å². The summed E-state index contributed by atoms with van der Waals surface area (Å²) in [6.07, 6.45) is 37.4. The predicted molar refractivity (Wildman–Crippen MR) is 252 cm³/mol. The molecule has 0 aromatic heterocycles. The average molecular weight is 957 g/mol. The van der Waals surface area contributed by atoms with Crippen LogP contribution in [0.2, 0.25) is 0 Å². The highest BCUT2D eigenvalue weighted by atomic mass is 31.2. The molecule has 5 unspecified atom stereocenters. The van der Waals surface area contributed by atoms with Gasteiger partial charge in [-0.3, -0.25) is 27.7 Å². The van der Waals surface area contributed by atoms with Crippen molar-refractivity contribution in [3.05, 3.63) is 24.3 Å². The number of ether oxygens (including phenoxy) is 2. The highest BCUT2D eigenvalue weighted by Crippen LogP contribution is 2.45. The zero-order valence-corrected chi connectivity index (χ0v) is 41.5. The van der Waals surface area contributed by atoms with Crippen LogP contribution in [0, 0.1) is 0 Å². The molecule has 17 heteroatoms. The largest absolute Gasteiger partial charge is 0.472 e. The van der Waals surface area contributed by atoms with Crippen LogP contribution < -0.4 is 0 Å². The Morgan fingerprint density at radius 3 is 0.922 bits per heavy atom. The van der Waals surface area contributed by atoms with E-state index in [9.17, 15) is 43.8 Å². The van der Waals surface area contributed by atoms with Crippen LogP contribution in [0.5, 0.6) is 0 Å². The maximum absolute atomic E-state index is 12.2. The van der Waals surface area contributed by atoms with Crippen LogP contribution in [0.25, 0.3) is 0 Å². The summed E-state index contributed by atoms with van der Waals surface area (Å²) < 4.78 is 53.0. The third-order valence-corrected chi connectivity index (χ3v) is 12.3. The fourth-order valence-electron chi connectivity index (χ4n) is 6.50. The van der Waals surface area contributed by atoms with Crippen molar-refractivity contribution in [1.82, 2.24) is 0 Å².